The molecule has 0 aromatic heterocycles. The Morgan fingerprint density at radius 1 is 1.36 bits per heavy atom. The minimum atomic E-state index is 0.0256. The fraction of sp³-hybridized carbons (Fsp3) is 0.778. The summed E-state index contributed by atoms with van der Waals surface area (Å²) in [6.45, 7) is 5.60. The van der Waals surface area contributed by atoms with E-state index in [4.69, 9.17) is 0 Å². The SMILES string of the molecule is CC(C)C(=O)CC[C@H](C)C=O. The van der Waals surface area contributed by atoms with Crippen molar-refractivity contribution in [1.82, 2.24) is 0 Å². The van der Waals surface area contributed by atoms with Gasteiger partial charge in [0.1, 0.15) is 12.1 Å². The van der Waals surface area contributed by atoms with E-state index < -0.39 is 0 Å². The van der Waals surface area contributed by atoms with Crippen LogP contribution in [0.25, 0.3) is 0 Å². The van der Waals surface area contributed by atoms with Crippen molar-refractivity contribution in [1.29, 1.82) is 0 Å². The van der Waals surface area contributed by atoms with E-state index in [1.165, 1.54) is 0 Å². The van der Waals surface area contributed by atoms with Gasteiger partial charge in [-0.05, 0) is 6.42 Å². The van der Waals surface area contributed by atoms with Crippen molar-refractivity contribution >= 4 is 12.1 Å². The molecule has 0 unspecified atom stereocenters. The second kappa shape index (κ2) is 5.05. The summed E-state index contributed by atoms with van der Waals surface area (Å²) < 4.78 is 0. The van der Waals surface area contributed by atoms with Gasteiger partial charge in [0.2, 0.25) is 0 Å². The molecule has 0 bridgehead atoms. The molecule has 1 atom stereocenters. The molecule has 0 radical (unpaired) electrons. The first-order valence-electron chi connectivity index (χ1n) is 4.06. The van der Waals surface area contributed by atoms with Gasteiger partial charge in [-0.25, -0.2) is 0 Å². The van der Waals surface area contributed by atoms with E-state index in [0.717, 1.165) is 6.29 Å². The number of ketones is 1. The number of carbonyl (C=O) groups is 2. The molecule has 0 aromatic rings. The van der Waals surface area contributed by atoms with E-state index in [2.05, 4.69) is 0 Å². The summed E-state index contributed by atoms with van der Waals surface area (Å²) in [5, 5.41) is 0. The maximum Gasteiger partial charge on any atom is 0.135 e. The minimum absolute atomic E-state index is 0.0256. The lowest BCUT2D eigenvalue weighted by Crippen LogP contribution is -2.08. The first-order chi connectivity index (χ1) is 5.07. The van der Waals surface area contributed by atoms with Crippen LogP contribution in [0.1, 0.15) is 33.6 Å². The van der Waals surface area contributed by atoms with Gasteiger partial charge in [0, 0.05) is 18.3 Å². The molecule has 0 fully saturated rings. The number of carbonyl (C=O) groups excluding carboxylic acids is 2. The molecule has 0 rings (SSSR count). The Morgan fingerprint density at radius 3 is 2.27 bits per heavy atom. The molecular formula is C9H16O2. The molecule has 0 aliphatic heterocycles. The van der Waals surface area contributed by atoms with Gasteiger partial charge < -0.3 is 4.79 Å². The summed E-state index contributed by atoms with van der Waals surface area (Å²) in [6, 6.07) is 0. The fourth-order valence-corrected chi connectivity index (χ4v) is 0.727. The number of rotatable bonds is 5. The molecule has 0 saturated heterocycles. The molecule has 64 valence electrons. The van der Waals surface area contributed by atoms with Crippen molar-refractivity contribution in [3.63, 3.8) is 0 Å². The Hall–Kier alpha value is -0.660. The standard InChI is InChI=1S/C9H16O2/c1-7(2)9(11)5-4-8(3)6-10/h6-8H,4-5H2,1-3H3/t8-/m0/s1. The molecule has 0 amide bonds. The number of hydrogen-bond acceptors (Lipinski definition) is 2. The lowest BCUT2D eigenvalue weighted by molar-refractivity contribution is -0.122. The van der Waals surface area contributed by atoms with Crippen LogP contribution in [0.3, 0.4) is 0 Å². The third-order valence-corrected chi connectivity index (χ3v) is 1.72. The third kappa shape index (κ3) is 4.71. The van der Waals surface area contributed by atoms with Gasteiger partial charge in [-0.3, -0.25) is 4.79 Å². The molecule has 11 heavy (non-hydrogen) atoms. The maximum atomic E-state index is 11.0. The Bertz CT molecular complexity index is 138. The largest absolute Gasteiger partial charge is 0.303 e. The van der Waals surface area contributed by atoms with Gasteiger partial charge in [-0.15, -0.1) is 0 Å². The Labute approximate surface area is 68.0 Å². The van der Waals surface area contributed by atoms with E-state index in [-0.39, 0.29) is 17.6 Å². The van der Waals surface area contributed by atoms with Crippen LogP contribution in [0.2, 0.25) is 0 Å². The third-order valence-electron chi connectivity index (χ3n) is 1.72. The Morgan fingerprint density at radius 2 is 1.91 bits per heavy atom. The normalized spacial score (nSPS) is 13.1. The van der Waals surface area contributed by atoms with E-state index >= 15 is 0 Å². The van der Waals surface area contributed by atoms with Gasteiger partial charge >= 0.3 is 0 Å². The highest BCUT2D eigenvalue weighted by atomic mass is 16.1. The van der Waals surface area contributed by atoms with Crippen molar-refractivity contribution in [3.05, 3.63) is 0 Å². The van der Waals surface area contributed by atoms with Crippen molar-refractivity contribution < 1.29 is 9.59 Å². The summed E-state index contributed by atoms with van der Waals surface area (Å²) in [5.74, 6) is 0.380. The van der Waals surface area contributed by atoms with Gasteiger partial charge in [-0.2, -0.15) is 0 Å². The van der Waals surface area contributed by atoms with Crippen molar-refractivity contribution in [3.8, 4) is 0 Å². The van der Waals surface area contributed by atoms with Crippen LogP contribution < -0.4 is 0 Å². The van der Waals surface area contributed by atoms with Crippen molar-refractivity contribution in [2.24, 2.45) is 11.8 Å². The quantitative estimate of drug-likeness (QED) is 0.569. The van der Waals surface area contributed by atoms with Gasteiger partial charge in [-0.1, -0.05) is 20.8 Å². The molecule has 0 aromatic carbocycles. The highest BCUT2D eigenvalue weighted by Crippen LogP contribution is 2.06. The Kier molecular flexibility index (Phi) is 4.75. The summed E-state index contributed by atoms with van der Waals surface area (Å²) >= 11 is 0. The van der Waals surface area contributed by atoms with Gasteiger partial charge in [0.05, 0.1) is 0 Å². The molecule has 0 heterocycles. The number of aldehydes is 1. The number of hydrogen-bond donors (Lipinski definition) is 0. The fourth-order valence-electron chi connectivity index (χ4n) is 0.727. The lowest BCUT2D eigenvalue weighted by Gasteiger charge is -2.04. The van der Waals surface area contributed by atoms with E-state index in [1.807, 2.05) is 20.8 Å². The van der Waals surface area contributed by atoms with Gasteiger partial charge in [0.15, 0.2) is 0 Å². The molecule has 0 aliphatic carbocycles. The van der Waals surface area contributed by atoms with Gasteiger partial charge in [0.25, 0.3) is 0 Å². The molecule has 2 nitrogen and oxygen atoms in total. The predicted octanol–water partition coefficient (Wildman–Crippen LogP) is 1.83. The maximum absolute atomic E-state index is 11.0. The van der Waals surface area contributed by atoms with Crippen LogP contribution >= 0.6 is 0 Å². The van der Waals surface area contributed by atoms with Crippen molar-refractivity contribution in [2.75, 3.05) is 0 Å². The zero-order chi connectivity index (χ0) is 8.85. The van der Waals surface area contributed by atoms with Crippen LogP contribution in [-0.2, 0) is 9.59 Å². The second-order valence-corrected chi connectivity index (χ2v) is 3.27. The zero-order valence-electron chi connectivity index (χ0n) is 7.46. The van der Waals surface area contributed by atoms with Crippen LogP contribution in [0.15, 0.2) is 0 Å². The predicted molar refractivity (Wildman–Crippen MR) is 44.3 cm³/mol. The minimum Gasteiger partial charge on any atom is -0.303 e. The Balaban J connectivity index is 3.54. The molecule has 2 heteroatoms. The van der Waals surface area contributed by atoms with Crippen LogP contribution in [0.5, 0.6) is 0 Å². The van der Waals surface area contributed by atoms with E-state index in [1.54, 1.807) is 0 Å². The summed E-state index contributed by atoms with van der Waals surface area (Å²) in [5.41, 5.74) is 0. The number of Topliss-reactive ketones (excluding diaryl/α,β-unsaturated/α-hetero) is 1. The van der Waals surface area contributed by atoms with E-state index in [0.29, 0.717) is 12.8 Å². The molecule has 0 aliphatic rings. The van der Waals surface area contributed by atoms with Crippen LogP contribution in [0.4, 0.5) is 0 Å². The molecule has 0 N–H and O–H groups in total. The van der Waals surface area contributed by atoms with E-state index in [9.17, 15) is 9.59 Å². The average molecular weight is 156 g/mol. The summed E-state index contributed by atoms with van der Waals surface area (Å²) in [6.07, 6.45) is 2.13. The topological polar surface area (TPSA) is 34.1 Å². The first kappa shape index (κ1) is 10.3. The van der Waals surface area contributed by atoms with Crippen LogP contribution in [-0.4, -0.2) is 12.1 Å². The zero-order valence-corrected chi connectivity index (χ0v) is 7.46. The first-order valence-corrected chi connectivity index (χ1v) is 4.06. The molecule has 0 saturated carbocycles. The molecule has 0 spiro atoms. The summed E-state index contributed by atoms with van der Waals surface area (Å²) in [4.78, 5) is 21.2. The highest BCUT2D eigenvalue weighted by molar-refractivity contribution is 5.80. The highest BCUT2D eigenvalue weighted by Gasteiger charge is 2.08. The monoisotopic (exact) mass is 156 g/mol. The second-order valence-electron chi connectivity index (χ2n) is 3.27. The van der Waals surface area contributed by atoms with Crippen molar-refractivity contribution in [2.45, 2.75) is 33.6 Å². The smallest absolute Gasteiger partial charge is 0.135 e. The average Bonchev–Trinajstić information content (AvgIpc) is 1.99. The molecular weight excluding hydrogens is 140 g/mol. The summed E-state index contributed by atoms with van der Waals surface area (Å²) in [7, 11) is 0. The lowest BCUT2D eigenvalue weighted by atomic mass is 9.99. The van der Waals surface area contributed by atoms with Crippen LogP contribution in [0, 0.1) is 11.8 Å².